The van der Waals surface area contributed by atoms with Gasteiger partial charge in [-0.05, 0) is 0 Å². The predicted octanol–water partition coefficient (Wildman–Crippen LogP) is -1.04. The third kappa shape index (κ3) is 2.09. The van der Waals surface area contributed by atoms with Crippen LogP contribution in [0.5, 0.6) is 0 Å². The van der Waals surface area contributed by atoms with Gasteiger partial charge >= 0.3 is 0 Å². The number of hydrogen-bond donors (Lipinski definition) is 2. The van der Waals surface area contributed by atoms with E-state index in [-0.39, 0.29) is 6.61 Å². The fraction of sp³-hybridized carbons (Fsp3) is 0.667. The van der Waals surface area contributed by atoms with Crippen molar-refractivity contribution in [2.24, 2.45) is 0 Å². The van der Waals surface area contributed by atoms with Gasteiger partial charge in [-0.15, -0.1) is 0 Å². The van der Waals surface area contributed by atoms with Gasteiger partial charge in [0.25, 0.3) is 6.20 Å². The average Bonchev–Trinajstić information content (AvgIpc) is 2.37. The van der Waals surface area contributed by atoms with Crippen molar-refractivity contribution in [3.05, 3.63) is 22.1 Å². The Bertz CT molecular complexity index is 204. The fourth-order valence-electron chi connectivity index (χ4n) is 1.13. The molecule has 12 heavy (non-hydrogen) atoms. The summed E-state index contributed by atoms with van der Waals surface area (Å²) >= 11 is 0. The Morgan fingerprint density at radius 2 is 2.58 bits per heavy atom. The number of β-amino-alcohol motifs (C(OH)–C–C–N with tert-alkyl or cyclic N) is 1. The molecule has 0 unspecified atom stereocenters. The van der Waals surface area contributed by atoms with E-state index >= 15 is 0 Å². The van der Waals surface area contributed by atoms with Gasteiger partial charge in [0, 0.05) is 19.6 Å². The molecule has 1 aliphatic heterocycles. The number of hydrogen-bond acceptors (Lipinski definition) is 5. The molecule has 0 aromatic carbocycles. The molecule has 0 radical (unpaired) electrons. The van der Waals surface area contributed by atoms with E-state index in [0.29, 0.717) is 25.5 Å². The normalized spacial score (nSPS) is 19.8. The van der Waals surface area contributed by atoms with Crippen LogP contribution in [0.1, 0.15) is 0 Å². The maximum absolute atomic E-state index is 10.1. The van der Waals surface area contributed by atoms with Crippen LogP contribution in [0.3, 0.4) is 0 Å². The van der Waals surface area contributed by atoms with Gasteiger partial charge in [-0.3, -0.25) is 10.1 Å². The number of nitrogens with zero attached hydrogens (tertiary/aromatic N) is 2. The van der Waals surface area contributed by atoms with Crippen LogP contribution in [0.25, 0.3) is 0 Å². The topological polar surface area (TPSA) is 78.6 Å². The van der Waals surface area contributed by atoms with E-state index in [0.717, 1.165) is 6.20 Å². The third-order valence-electron chi connectivity index (χ3n) is 1.63. The minimum Gasteiger partial charge on any atom is -0.395 e. The van der Waals surface area contributed by atoms with Crippen LogP contribution in [-0.2, 0) is 0 Å². The lowest BCUT2D eigenvalue weighted by Crippen LogP contribution is -2.24. The second-order valence-corrected chi connectivity index (χ2v) is 2.44. The molecule has 6 nitrogen and oxygen atoms in total. The van der Waals surface area contributed by atoms with Crippen LogP contribution in [-0.4, -0.2) is 41.2 Å². The molecule has 1 saturated heterocycles. The highest BCUT2D eigenvalue weighted by atomic mass is 16.6. The first-order valence-electron chi connectivity index (χ1n) is 3.69. The molecule has 0 bridgehead atoms. The van der Waals surface area contributed by atoms with Crippen molar-refractivity contribution in [3.8, 4) is 0 Å². The van der Waals surface area contributed by atoms with Crippen molar-refractivity contribution in [2.45, 2.75) is 0 Å². The van der Waals surface area contributed by atoms with Gasteiger partial charge in [0.2, 0.25) is 0 Å². The van der Waals surface area contributed by atoms with E-state index in [1.807, 2.05) is 0 Å². The Labute approximate surface area is 69.6 Å². The van der Waals surface area contributed by atoms with E-state index in [2.05, 4.69) is 5.32 Å². The van der Waals surface area contributed by atoms with Gasteiger partial charge < -0.3 is 15.3 Å². The lowest BCUT2D eigenvalue weighted by molar-refractivity contribution is -0.404. The van der Waals surface area contributed by atoms with Crippen LogP contribution >= 0.6 is 0 Å². The zero-order valence-corrected chi connectivity index (χ0v) is 6.56. The summed E-state index contributed by atoms with van der Waals surface area (Å²) in [5.41, 5.74) is 0. The summed E-state index contributed by atoms with van der Waals surface area (Å²) < 4.78 is 0. The summed E-state index contributed by atoms with van der Waals surface area (Å²) in [7, 11) is 0. The number of nitro groups is 1. The number of aliphatic hydroxyl groups excluding tert-OH is 1. The van der Waals surface area contributed by atoms with Crippen LogP contribution in [0.2, 0.25) is 0 Å². The van der Waals surface area contributed by atoms with Crippen LogP contribution < -0.4 is 5.32 Å². The highest BCUT2D eigenvalue weighted by Gasteiger charge is 2.17. The Kier molecular flexibility index (Phi) is 2.87. The first-order valence-corrected chi connectivity index (χ1v) is 3.69. The van der Waals surface area contributed by atoms with Gasteiger partial charge in [-0.1, -0.05) is 0 Å². The molecule has 1 heterocycles. The van der Waals surface area contributed by atoms with Gasteiger partial charge in [-0.2, -0.15) is 0 Å². The molecule has 1 rings (SSSR count). The smallest absolute Gasteiger partial charge is 0.274 e. The minimum atomic E-state index is -0.502. The number of aliphatic hydroxyl groups is 1. The molecular formula is C6H11N3O3. The largest absolute Gasteiger partial charge is 0.395 e. The second-order valence-electron chi connectivity index (χ2n) is 2.44. The maximum atomic E-state index is 10.1. The van der Waals surface area contributed by atoms with Crippen LogP contribution in [0, 0.1) is 10.1 Å². The molecular weight excluding hydrogens is 162 g/mol. The monoisotopic (exact) mass is 173 g/mol. The summed E-state index contributed by atoms with van der Waals surface area (Å²) in [5, 5.41) is 21.6. The summed E-state index contributed by atoms with van der Waals surface area (Å²) in [6.07, 6.45) is 0.919. The fourth-order valence-corrected chi connectivity index (χ4v) is 1.13. The van der Waals surface area contributed by atoms with E-state index in [1.54, 1.807) is 4.90 Å². The van der Waals surface area contributed by atoms with E-state index in [9.17, 15) is 10.1 Å². The molecule has 0 atom stereocenters. The van der Waals surface area contributed by atoms with Gasteiger partial charge in [0.15, 0.2) is 5.82 Å². The lowest BCUT2D eigenvalue weighted by Gasteiger charge is -2.14. The van der Waals surface area contributed by atoms with Crippen LogP contribution in [0.4, 0.5) is 0 Å². The lowest BCUT2D eigenvalue weighted by atomic mass is 10.5. The first-order chi connectivity index (χ1) is 5.74. The molecule has 1 fully saturated rings. The Morgan fingerprint density at radius 3 is 3.17 bits per heavy atom. The molecule has 0 aromatic rings. The van der Waals surface area contributed by atoms with E-state index < -0.39 is 4.92 Å². The summed E-state index contributed by atoms with van der Waals surface area (Å²) in [5.74, 6) is 0.481. The molecule has 0 aliphatic carbocycles. The van der Waals surface area contributed by atoms with Crippen molar-refractivity contribution < 1.29 is 10.0 Å². The third-order valence-corrected chi connectivity index (χ3v) is 1.63. The van der Waals surface area contributed by atoms with Crippen molar-refractivity contribution in [1.82, 2.24) is 10.2 Å². The Hall–Kier alpha value is -1.30. The predicted molar refractivity (Wildman–Crippen MR) is 41.7 cm³/mol. The van der Waals surface area contributed by atoms with Crippen molar-refractivity contribution in [3.63, 3.8) is 0 Å². The number of nitrogens with one attached hydrogen (secondary N) is 1. The summed E-state index contributed by atoms with van der Waals surface area (Å²) in [6, 6.07) is 0. The maximum Gasteiger partial charge on any atom is 0.274 e. The highest BCUT2D eigenvalue weighted by Crippen LogP contribution is 2.05. The average molecular weight is 173 g/mol. The van der Waals surface area contributed by atoms with Crippen molar-refractivity contribution >= 4 is 0 Å². The van der Waals surface area contributed by atoms with E-state index in [1.165, 1.54) is 0 Å². The van der Waals surface area contributed by atoms with E-state index in [4.69, 9.17) is 5.11 Å². The molecule has 0 aromatic heterocycles. The van der Waals surface area contributed by atoms with Gasteiger partial charge in [-0.25, -0.2) is 0 Å². The highest BCUT2D eigenvalue weighted by molar-refractivity contribution is 4.99. The van der Waals surface area contributed by atoms with Crippen LogP contribution in [0.15, 0.2) is 12.0 Å². The minimum absolute atomic E-state index is 0.0106. The zero-order valence-electron chi connectivity index (χ0n) is 6.56. The SMILES string of the molecule is O=[N+]([O-])C=C1NCCN1CCO. The van der Waals surface area contributed by atoms with Gasteiger partial charge in [0.1, 0.15) is 0 Å². The zero-order chi connectivity index (χ0) is 8.97. The quantitative estimate of drug-likeness (QED) is 0.421. The summed E-state index contributed by atoms with van der Waals surface area (Å²) in [6.45, 7) is 1.85. The van der Waals surface area contributed by atoms with Gasteiger partial charge in [0.05, 0.1) is 11.5 Å². The molecule has 2 N–H and O–H groups in total. The molecule has 1 aliphatic rings. The second kappa shape index (κ2) is 3.91. The number of rotatable bonds is 3. The molecule has 68 valence electrons. The first kappa shape index (κ1) is 8.79. The van der Waals surface area contributed by atoms with Crippen molar-refractivity contribution in [1.29, 1.82) is 0 Å². The summed E-state index contributed by atoms with van der Waals surface area (Å²) in [4.78, 5) is 11.3. The standard InChI is InChI=1S/C6H11N3O3/c10-4-3-8-2-1-7-6(8)5-9(11)12/h5,7,10H,1-4H2. The Balaban J connectivity index is 2.57. The molecule has 0 saturated carbocycles. The molecule has 6 heteroatoms. The Morgan fingerprint density at radius 1 is 1.83 bits per heavy atom. The van der Waals surface area contributed by atoms with Crippen molar-refractivity contribution in [2.75, 3.05) is 26.2 Å². The molecule has 0 amide bonds. The molecule has 0 spiro atoms.